The molecule has 0 unspecified atom stereocenters. The molecule has 0 aliphatic carbocycles. The number of hydrogen-bond donors (Lipinski definition) is 2. The summed E-state index contributed by atoms with van der Waals surface area (Å²) in [6, 6.07) is 15.6. The summed E-state index contributed by atoms with van der Waals surface area (Å²) in [7, 11) is -3.24. The Hall–Kier alpha value is -1.89. The molecular weight excluding hydrogens is 434 g/mol. The van der Waals surface area contributed by atoms with Gasteiger partial charge in [0, 0.05) is 18.5 Å². The van der Waals surface area contributed by atoms with Crippen LogP contribution < -0.4 is 10.1 Å². The van der Waals surface area contributed by atoms with Gasteiger partial charge in [-0.05, 0) is 47.6 Å². The number of unbranched alkanes of at least 4 members (excludes halogenated alkanes) is 2. The molecule has 6 heteroatoms. The molecule has 0 amide bonds. The first-order valence-electron chi connectivity index (χ1n) is 12.2. The molecule has 2 aromatic carbocycles. The van der Waals surface area contributed by atoms with Crippen LogP contribution in [-0.4, -0.2) is 43.8 Å². The summed E-state index contributed by atoms with van der Waals surface area (Å²) in [5.74, 6) is 0.864. The van der Waals surface area contributed by atoms with Gasteiger partial charge in [-0.25, -0.2) is 8.42 Å². The molecule has 0 radical (unpaired) electrons. The van der Waals surface area contributed by atoms with Crippen molar-refractivity contribution in [2.24, 2.45) is 5.92 Å². The first kappa shape index (κ1) is 25.7. The van der Waals surface area contributed by atoms with Gasteiger partial charge in [0.25, 0.3) is 0 Å². The van der Waals surface area contributed by atoms with E-state index >= 15 is 0 Å². The van der Waals surface area contributed by atoms with Crippen molar-refractivity contribution < 1.29 is 18.3 Å². The predicted molar refractivity (Wildman–Crippen MR) is 134 cm³/mol. The average Bonchev–Trinajstić information content (AvgIpc) is 2.78. The summed E-state index contributed by atoms with van der Waals surface area (Å²) in [6.07, 6.45) is 3.09. The highest BCUT2D eigenvalue weighted by atomic mass is 32.2. The summed E-state index contributed by atoms with van der Waals surface area (Å²) < 4.78 is 31.2. The van der Waals surface area contributed by atoms with E-state index in [0.29, 0.717) is 25.5 Å². The average molecular weight is 474 g/mol. The van der Waals surface area contributed by atoms with Crippen molar-refractivity contribution in [3.8, 4) is 5.75 Å². The van der Waals surface area contributed by atoms with Crippen LogP contribution in [-0.2, 0) is 22.8 Å². The zero-order valence-corrected chi connectivity index (χ0v) is 21.0. The summed E-state index contributed by atoms with van der Waals surface area (Å²) in [5.41, 5.74) is 3.34. The first-order valence-corrected chi connectivity index (χ1v) is 14.0. The molecule has 182 valence electrons. The number of rotatable bonds is 11. The fourth-order valence-electron chi connectivity index (χ4n) is 4.47. The molecule has 1 fully saturated rings. The zero-order valence-electron chi connectivity index (χ0n) is 20.2. The Bertz CT molecular complexity index is 989. The monoisotopic (exact) mass is 473 g/mol. The van der Waals surface area contributed by atoms with Crippen LogP contribution in [0.4, 0.5) is 0 Å². The highest BCUT2D eigenvalue weighted by Gasteiger charge is 2.39. The standard InChI is InChI=1S/C27H39NO4S/c1-4-5-6-13-32-25-12-8-9-21(16-25)14-24-18-33(30,31)19-26(27(24)29)28-17-22-10-7-11-23(15-22)20(2)3/h7-12,15-16,20,24,26-29H,4-6,13-14,17-19H2,1-3H3/t24-,26+,27+/m1/s1. The van der Waals surface area contributed by atoms with Crippen molar-refractivity contribution in [1.29, 1.82) is 0 Å². The van der Waals surface area contributed by atoms with Crippen molar-refractivity contribution >= 4 is 9.84 Å². The number of ether oxygens (including phenoxy) is 1. The van der Waals surface area contributed by atoms with Gasteiger partial charge in [-0.3, -0.25) is 0 Å². The van der Waals surface area contributed by atoms with Crippen molar-refractivity contribution in [1.82, 2.24) is 5.32 Å². The van der Waals surface area contributed by atoms with E-state index in [9.17, 15) is 13.5 Å². The van der Waals surface area contributed by atoms with Crippen LogP contribution in [0.3, 0.4) is 0 Å². The van der Waals surface area contributed by atoms with Crippen LogP contribution in [0, 0.1) is 5.92 Å². The molecule has 1 aliphatic heterocycles. The van der Waals surface area contributed by atoms with Crippen LogP contribution in [0.1, 0.15) is 62.6 Å². The van der Waals surface area contributed by atoms with Crippen molar-refractivity contribution in [2.75, 3.05) is 18.1 Å². The number of sulfone groups is 1. The molecule has 1 aliphatic rings. The molecule has 0 saturated carbocycles. The minimum Gasteiger partial charge on any atom is -0.494 e. The van der Waals surface area contributed by atoms with Crippen LogP contribution in [0.2, 0.25) is 0 Å². The van der Waals surface area contributed by atoms with Gasteiger partial charge in [0.15, 0.2) is 9.84 Å². The summed E-state index contributed by atoms with van der Waals surface area (Å²) >= 11 is 0. The molecule has 0 spiro atoms. The van der Waals surface area contributed by atoms with Gasteiger partial charge in [0.05, 0.1) is 24.2 Å². The maximum atomic E-state index is 12.7. The quantitative estimate of drug-likeness (QED) is 0.471. The number of hydrogen-bond acceptors (Lipinski definition) is 5. The van der Waals surface area contributed by atoms with E-state index in [4.69, 9.17) is 4.74 Å². The maximum Gasteiger partial charge on any atom is 0.152 e. The molecule has 1 saturated heterocycles. The summed E-state index contributed by atoms with van der Waals surface area (Å²) in [5, 5.41) is 14.4. The third-order valence-electron chi connectivity index (χ3n) is 6.40. The second-order valence-corrected chi connectivity index (χ2v) is 11.8. The molecule has 1 heterocycles. The van der Waals surface area contributed by atoms with Gasteiger partial charge in [0.2, 0.25) is 0 Å². The number of aliphatic hydroxyl groups excluding tert-OH is 1. The van der Waals surface area contributed by atoms with Gasteiger partial charge < -0.3 is 15.2 Å². The molecule has 33 heavy (non-hydrogen) atoms. The van der Waals surface area contributed by atoms with Crippen LogP contribution in [0.25, 0.3) is 0 Å². The van der Waals surface area contributed by atoms with E-state index in [1.807, 2.05) is 36.4 Å². The Balaban J connectivity index is 1.64. The number of benzene rings is 2. The summed E-state index contributed by atoms with van der Waals surface area (Å²) in [4.78, 5) is 0. The van der Waals surface area contributed by atoms with E-state index in [2.05, 4.69) is 38.2 Å². The van der Waals surface area contributed by atoms with Gasteiger partial charge >= 0.3 is 0 Å². The van der Waals surface area contributed by atoms with Crippen LogP contribution >= 0.6 is 0 Å². The minimum atomic E-state index is -3.24. The molecule has 3 rings (SSSR count). The largest absolute Gasteiger partial charge is 0.494 e. The first-order chi connectivity index (χ1) is 15.8. The molecule has 3 atom stereocenters. The van der Waals surface area contributed by atoms with Crippen LogP contribution in [0.5, 0.6) is 5.75 Å². The fraction of sp³-hybridized carbons (Fsp3) is 0.556. The highest BCUT2D eigenvalue weighted by Crippen LogP contribution is 2.26. The summed E-state index contributed by atoms with van der Waals surface area (Å²) in [6.45, 7) is 7.68. The normalized spacial score (nSPS) is 22.4. The van der Waals surface area contributed by atoms with E-state index < -0.39 is 22.0 Å². The van der Waals surface area contributed by atoms with Crippen molar-refractivity contribution in [3.05, 3.63) is 65.2 Å². The third-order valence-corrected chi connectivity index (χ3v) is 8.20. The minimum absolute atomic E-state index is 0.0107. The Morgan fingerprint density at radius 1 is 1.06 bits per heavy atom. The highest BCUT2D eigenvalue weighted by molar-refractivity contribution is 7.91. The SMILES string of the molecule is CCCCCOc1cccc(C[C@@H]2CS(=O)(=O)C[C@H](NCc3cccc(C(C)C)c3)[C@H]2O)c1. The molecule has 2 N–H and O–H groups in total. The molecular formula is C27H39NO4S. The Morgan fingerprint density at radius 2 is 1.82 bits per heavy atom. The smallest absolute Gasteiger partial charge is 0.152 e. The topological polar surface area (TPSA) is 75.6 Å². The maximum absolute atomic E-state index is 12.7. The lowest BCUT2D eigenvalue weighted by Gasteiger charge is -2.35. The fourth-order valence-corrected chi connectivity index (χ4v) is 6.44. The lowest BCUT2D eigenvalue weighted by Crippen LogP contribution is -2.54. The molecule has 0 aromatic heterocycles. The van der Waals surface area contributed by atoms with E-state index in [-0.39, 0.29) is 17.4 Å². The van der Waals surface area contributed by atoms with E-state index in [1.165, 1.54) is 5.56 Å². The molecule has 2 aromatic rings. The Labute approximate surface area is 199 Å². The number of aliphatic hydroxyl groups is 1. The lowest BCUT2D eigenvalue weighted by molar-refractivity contribution is 0.0781. The van der Waals surface area contributed by atoms with E-state index in [1.54, 1.807) is 0 Å². The predicted octanol–water partition coefficient (Wildman–Crippen LogP) is 4.49. The Kier molecular flexibility index (Phi) is 9.36. The van der Waals surface area contributed by atoms with Crippen molar-refractivity contribution in [3.63, 3.8) is 0 Å². The lowest BCUT2D eigenvalue weighted by atomic mass is 9.91. The van der Waals surface area contributed by atoms with E-state index in [0.717, 1.165) is 36.1 Å². The number of nitrogens with one attached hydrogen (secondary N) is 1. The van der Waals surface area contributed by atoms with Gasteiger partial charge in [-0.1, -0.05) is 70.0 Å². The van der Waals surface area contributed by atoms with Gasteiger partial charge in [-0.2, -0.15) is 0 Å². The second kappa shape index (κ2) is 12.0. The van der Waals surface area contributed by atoms with Crippen molar-refractivity contribution in [2.45, 2.75) is 71.1 Å². The van der Waals surface area contributed by atoms with Gasteiger partial charge in [0.1, 0.15) is 5.75 Å². The Morgan fingerprint density at radius 3 is 2.58 bits per heavy atom. The third kappa shape index (κ3) is 7.83. The second-order valence-electron chi connectivity index (χ2n) is 9.62. The zero-order chi connectivity index (χ0) is 23.8. The molecule has 5 nitrogen and oxygen atoms in total. The van der Waals surface area contributed by atoms with Crippen LogP contribution in [0.15, 0.2) is 48.5 Å². The molecule has 0 bridgehead atoms. The van der Waals surface area contributed by atoms with Gasteiger partial charge in [-0.15, -0.1) is 0 Å².